The van der Waals surface area contributed by atoms with E-state index >= 15 is 0 Å². The third-order valence-corrected chi connectivity index (χ3v) is 3.23. The van der Waals surface area contributed by atoms with Crippen molar-refractivity contribution in [1.29, 1.82) is 0 Å². The number of benzene rings is 1. The number of aliphatic hydroxyl groups excluding tert-OH is 1. The van der Waals surface area contributed by atoms with Gasteiger partial charge in [-0.3, -0.25) is 9.59 Å². The number of hydrogen-bond acceptors (Lipinski definition) is 3. The molecule has 1 heterocycles. The van der Waals surface area contributed by atoms with Gasteiger partial charge in [-0.05, 0) is 24.1 Å². The number of halogens is 1. The second-order valence-corrected chi connectivity index (χ2v) is 5.11. The Kier molecular flexibility index (Phi) is 3.31. The van der Waals surface area contributed by atoms with Crippen LogP contribution in [0.15, 0.2) is 22.7 Å². The van der Waals surface area contributed by atoms with E-state index in [1.54, 1.807) is 18.2 Å². The molecule has 0 bridgehead atoms. The van der Waals surface area contributed by atoms with Gasteiger partial charge < -0.3 is 10.0 Å². The Morgan fingerprint density at radius 1 is 1.41 bits per heavy atom. The van der Waals surface area contributed by atoms with Gasteiger partial charge in [0.1, 0.15) is 0 Å². The first kappa shape index (κ1) is 12.3. The van der Waals surface area contributed by atoms with Crippen LogP contribution in [0.1, 0.15) is 17.3 Å². The van der Waals surface area contributed by atoms with Crippen molar-refractivity contribution in [3.63, 3.8) is 0 Å². The lowest BCUT2D eigenvalue weighted by molar-refractivity contribution is -0.114. The minimum Gasteiger partial charge on any atom is -0.396 e. The number of carbonyl (C=O) groups excluding carboxylic acids is 2. The number of carbonyl (C=O) groups is 2. The van der Waals surface area contributed by atoms with Crippen molar-refractivity contribution in [2.24, 2.45) is 5.92 Å². The Hall–Kier alpha value is -1.20. The first-order valence-electron chi connectivity index (χ1n) is 5.31. The maximum atomic E-state index is 11.8. The highest BCUT2D eigenvalue weighted by atomic mass is 79.9. The molecule has 1 aromatic rings. The lowest BCUT2D eigenvalue weighted by Gasteiger charge is -2.19. The van der Waals surface area contributed by atoms with Gasteiger partial charge in [-0.15, -0.1) is 0 Å². The van der Waals surface area contributed by atoms with Crippen LogP contribution in [0.5, 0.6) is 0 Å². The third kappa shape index (κ3) is 2.12. The molecule has 1 aliphatic heterocycles. The molecule has 1 aliphatic rings. The summed E-state index contributed by atoms with van der Waals surface area (Å²) >= 11 is 3.27. The Morgan fingerprint density at radius 3 is 2.76 bits per heavy atom. The molecule has 0 fully saturated rings. The van der Waals surface area contributed by atoms with Crippen molar-refractivity contribution in [1.82, 2.24) is 0 Å². The van der Waals surface area contributed by atoms with E-state index in [9.17, 15) is 9.59 Å². The summed E-state index contributed by atoms with van der Waals surface area (Å²) in [6, 6.07) is 5.19. The lowest BCUT2D eigenvalue weighted by atomic mass is 10.1. The summed E-state index contributed by atoms with van der Waals surface area (Å²) in [5, 5.41) is 9.01. The molecule has 90 valence electrons. The molecule has 1 amide bonds. The van der Waals surface area contributed by atoms with Crippen LogP contribution in [0.2, 0.25) is 0 Å². The van der Waals surface area contributed by atoms with Crippen LogP contribution in [0.4, 0.5) is 5.69 Å². The zero-order chi connectivity index (χ0) is 12.6. The van der Waals surface area contributed by atoms with Gasteiger partial charge in [0, 0.05) is 17.6 Å². The number of ketones is 1. The summed E-state index contributed by atoms with van der Waals surface area (Å²) in [4.78, 5) is 25.0. The van der Waals surface area contributed by atoms with Gasteiger partial charge >= 0.3 is 0 Å². The van der Waals surface area contributed by atoms with Crippen molar-refractivity contribution < 1.29 is 14.7 Å². The van der Waals surface area contributed by atoms with Crippen molar-refractivity contribution in [3.05, 3.63) is 28.2 Å². The summed E-state index contributed by atoms with van der Waals surface area (Å²) < 4.78 is 0.773. The van der Waals surface area contributed by atoms with E-state index in [1.165, 1.54) is 4.90 Å². The van der Waals surface area contributed by atoms with Crippen LogP contribution < -0.4 is 4.90 Å². The van der Waals surface area contributed by atoms with Crippen LogP contribution in [0, 0.1) is 5.92 Å². The molecule has 1 atom stereocenters. The maximum Gasteiger partial charge on any atom is 0.299 e. The molecule has 2 rings (SSSR count). The van der Waals surface area contributed by atoms with Crippen LogP contribution >= 0.6 is 15.9 Å². The van der Waals surface area contributed by atoms with Crippen molar-refractivity contribution in [3.8, 4) is 0 Å². The molecule has 1 unspecified atom stereocenters. The van der Waals surface area contributed by atoms with Crippen LogP contribution in [-0.2, 0) is 4.79 Å². The number of rotatable bonds is 3. The van der Waals surface area contributed by atoms with Gasteiger partial charge in [0.15, 0.2) is 0 Å². The average Bonchev–Trinajstić information content (AvgIpc) is 2.54. The highest BCUT2D eigenvalue weighted by Gasteiger charge is 2.36. The van der Waals surface area contributed by atoms with E-state index in [1.807, 2.05) is 6.92 Å². The highest BCUT2D eigenvalue weighted by Crippen LogP contribution is 2.31. The van der Waals surface area contributed by atoms with Crippen molar-refractivity contribution in [2.45, 2.75) is 6.92 Å². The number of amides is 1. The van der Waals surface area contributed by atoms with E-state index in [2.05, 4.69) is 15.9 Å². The molecule has 0 saturated carbocycles. The molecule has 0 spiro atoms. The summed E-state index contributed by atoms with van der Waals surface area (Å²) in [5.74, 6) is -1.05. The molecule has 17 heavy (non-hydrogen) atoms. The Morgan fingerprint density at radius 2 is 2.12 bits per heavy atom. The number of fused-ring (bicyclic) bond motifs is 1. The molecular formula is C12H12BrNO3. The predicted molar refractivity (Wildman–Crippen MR) is 67.1 cm³/mol. The molecule has 0 radical (unpaired) electrons. The number of hydrogen-bond donors (Lipinski definition) is 1. The fraction of sp³-hybridized carbons (Fsp3) is 0.333. The van der Waals surface area contributed by atoms with Gasteiger partial charge in [0.2, 0.25) is 0 Å². The first-order chi connectivity index (χ1) is 8.04. The zero-order valence-electron chi connectivity index (χ0n) is 9.31. The zero-order valence-corrected chi connectivity index (χ0v) is 10.9. The van der Waals surface area contributed by atoms with Gasteiger partial charge in [0.05, 0.1) is 11.3 Å². The monoisotopic (exact) mass is 297 g/mol. The largest absolute Gasteiger partial charge is 0.396 e. The molecule has 1 aromatic carbocycles. The molecule has 1 N–H and O–H groups in total. The lowest BCUT2D eigenvalue weighted by Crippen LogP contribution is -2.34. The molecule has 0 aliphatic carbocycles. The Balaban J connectivity index is 2.38. The van der Waals surface area contributed by atoms with E-state index in [0.717, 1.165) is 4.47 Å². The summed E-state index contributed by atoms with van der Waals surface area (Å²) in [7, 11) is 0. The molecule has 4 nitrogen and oxygen atoms in total. The second kappa shape index (κ2) is 4.58. The predicted octanol–water partition coefficient (Wildman–Crippen LogP) is 1.61. The summed E-state index contributed by atoms with van der Waals surface area (Å²) in [5.41, 5.74) is 1.05. The fourth-order valence-corrected chi connectivity index (χ4v) is 2.18. The number of Topliss-reactive ketones (excluding diaryl/α,β-unsaturated/α-hetero) is 1. The van der Waals surface area contributed by atoms with E-state index in [-0.39, 0.29) is 12.5 Å². The average molecular weight is 298 g/mol. The quantitative estimate of drug-likeness (QED) is 0.863. The molecule has 5 heteroatoms. The maximum absolute atomic E-state index is 11.8. The minimum atomic E-state index is -0.515. The topological polar surface area (TPSA) is 57.6 Å². The standard InChI is InChI=1S/C12H12BrNO3/c1-7(6-15)5-14-10-3-2-8(13)4-9(10)11(16)12(14)17/h2-4,7,15H,5-6H2,1H3. The summed E-state index contributed by atoms with van der Waals surface area (Å²) in [6.07, 6.45) is 0. The van der Waals surface area contributed by atoms with Crippen LogP contribution in [-0.4, -0.2) is 29.9 Å². The third-order valence-electron chi connectivity index (χ3n) is 2.74. The van der Waals surface area contributed by atoms with Crippen LogP contribution in [0.3, 0.4) is 0 Å². The minimum absolute atomic E-state index is 0.0101. The van der Waals surface area contributed by atoms with Gasteiger partial charge in [-0.1, -0.05) is 22.9 Å². The number of aliphatic hydroxyl groups is 1. The second-order valence-electron chi connectivity index (χ2n) is 4.19. The van der Waals surface area contributed by atoms with Gasteiger partial charge in [-0.25, -0.2) is 0 Å². The normalized spacial score (nSPS) is 16.3. The Bertz CT molecular complexity index is 487. The molecule has 0 saturated heterocycles. The van der Waals surface area contributed by atoms with Gasteiger partial charge in [0.25, 0.3) is 11.7 Å². The molecule has 0 aromatic heterocycles. The fourth-order valence-electron chi connectivity index (χ4n) is 1.82. The first-order valence-corrected chi connectivity index (χ1v) is 6.10. The SMILES string of the molecule is CC(CO)CN1C(=O)C(=O)c2cc(Br)ccc21. The van der Waals surface area contributed by atoms with E-state index in [0.29, 0.717) is 17.8 Å². The van der Waals surface area contributed by atoms with E-state index < -0.39 is 11.7 Å². The van der Waals surface area contributed by atoms with Crippen LogP contribution in [0.25, 0.3) is 0 Å². The molecular weight excluding hydrogens is 286 g/mol. The number of anilines is 1. The number of nitrogens with zero attached hydrogens (tertiary/aromatic N) is 1. The van der Waals surface area contributed by atoms with Crippen molar-refractivity contribution in [2.75, 3.05) is 18.1 Å². The Labute approximate surface area is 107 Å². The summed E-state index contributed by atoms with van der Waals surface area (Å²) in [6.45, 7) is 2.17. The smallest absolute Gasteiger partial charge is 0.299 e. The van der Waals surface area contributed by atoms with Crippen molar-refractivity contribution >= 4 is 33.3 Å². The van der Waals surface area contributed by atoms with Gasteiger partial charge in [-0.2, -0.15) is 0 Å². The van der Waals surface area contributed by atoms with E-state index in [4.69, 9.17) is 5.11 Å². The highest BCUT2D eigenvalue weighted by molar-refractivity contribution is 9.10.